The summed E-state index contributed by atoms with van der Waals surface area (Å²) in [4.78, 5) is 27.5. The first-order valence-corrected chi connectivity index (χ1v) is 7.19. The van der Waals surface area contributed by atoms with Crippen LogP contribution in [0.2, 0.25) is 5.02 Å². The van der Waals surface area contributed by atoms with Gasteiger partial charge in [-0.2, -0.15) is 0 Å². The highest BCUT2D eigenvalue weighted by Gasteiger charge is 2.22. The number of ketones is 2. The Balaban J connectivity index is 2.53. The predicted molar refractivity (Wildman–Crippen MR) is 85.4 cm³/mol. The van der Waals surface area contributed by atoms with E-state index in [0.717, 1.165) is 16.3 Å². The van der Waals surface area contributed by atoms with Gasteiger partial charge >= 0.3 is 0 Å². The lowest BCUT2D eigenvalue weighted by Crippen LogP contribution is -2.08. The molecule has 0 spiro atoms. The van der Waals surface area contributed by atoms with E-state index in [1.165, 1.54) is 6.92 Å². The summed E-state index contributed by atoms with van der Waals surface area (Å²) in [6.07, 6.45) is 0.311. The zero-order valence-corrected chi connectivity index (χ0v) is 12.5. The third-order valence-electron chi connectivity index (χ3n) is 3.71. The second-order valence-corrected chi connectivity index (χ2v) is 5.44. The predicted octanol–water partition coefficient (Wildman–Crippen LogP) is 4.77. The molecule has 21 heavy (non-hydrogen) atoms. The molecule has 3 aromatic rings. The van der Waals surface area contributed by atoms with Gasteiger partial charge in [-0.25, -0.2) is 0 Å². The molecule has 0 bridgehead atoms. The molecule has 0 atom stereocenters. The van der Waals surface area contributed by atoms with Crippen LogP contribution in [0.15, 0.2) is 30.3 Å². The minimum absolute atomic E-state index is 0.120. The van der Waals surface area contributed by atoms with Crippen LogP contribution in [0.5, 0.6) is 0 Å². The number of halogens is 1. The van der Waals surface area contributed by atoms with Crippen molar-refractivity contribution in [3.63, 3.8) is 0 Å². The second-order valence-electron chi connectivity index (χ2n) is 5.03. The molecule has 0 saturated carbocycles. The average molecular weight is 300 g/mol. The largest absolute Gasteiger partial charge is 0.354 e. The van der Waals surface area contributed by atoms with Crippen molar-refractivity contribution in [2.75, 3.05) is 0 Å². The highest BCUT2D eigenvalue weighted by atomic mass is 35.5. The monoisotopic (exact) mass is 299 g/mol. The number of benzene rings is 2. The molecule has 0 aliphatic heterocycles. The summed E-state index contributed by atoms with van der Waals surface area (Å²) in [5.41, 5.74) is 2.32. The van der Waals surface area contributed by atoms with Crippen LogP contribution in [0.1, 0.15) is 41.0 Å². The normalized spacial score (nSPS) is 11.2. The number of aromatic nitrogens is 1. The van der Waals surface area contributed by atoms with Gasteiger partial charge in [-0.05, 0) is 19.1 Å². The number of para-hydroxylation sites is 1. The van der Waals surface area contributed by atoms with E-state index in [9.17, 15) is 9.59 Å². The Hall–Kier alpha value is -2.13. The number of aromatic amines is 1. The number of H-pyrrole nitrogens is 1. The highest BCUT2D eigenvalue weighted by molar-refractivity contribution is 6.37. The maximum absolute atomic E-state index is 12.2. The van der Waals surface area contributed by atoms with Gasteiger partial charge in [0, 0.05) is 28.3 Å². The number of carbonyl (C=O) groups excluding carboxylic acids is 2. The second kappa shape index (κ2) is 5.01. The minimum Gasteiger partial charge on any atom is -0.354 e. The van der Waals surface area contributed by atoms with Crippen LogP contribution in [-0.2, 0) is 0 Å². The van der Waals surface area contributed by atoms with Crippen LogP contribution in [0, 0.1) is 0 Å². The minimum atomic E-state index is -0.161. The van der Waals surface area contributed by atoms with E-state index in [1.54, 1.807) is 13.0 Å². The number of fused-ring (bicyclic) bond motifs is 3. The molecule has 0 aliphatic rings. The molecule has 106 valence electrons. The van der Waals surface area contributed by atoms with Crippen LogP contribution in [0.4, 0.5) is 0 Å². The van der Waals surface area contributed by atoms with E-state index in [0.29, 0.717) is 28.1 Å². The van der Waals surface area contributed by atoms with Gasteiger partial charge in [-0.3, -0.25) is 9.59 Å². The fraction of sp³-hybridized carbons (Fsp3) is 0.176. The van der Waals surface area contributed by atoms with Crippen molar-refractivity contribution in [3.05, 3.63) is 46.5 Å². The van der Waals surface area contributed by atoms with E-state index >= 15 is 0 Å². The highest BCUT2D eigenvalue weighted by Crippen LogP contribution is 2.34. The fourth-order valence-corrected chi connectivity index (χ4v) is 3.06. The molecule has 0 saturated heterocycles. The smallest absolute Gasteiger partial charge is 0.164 e. The SMILES string of the molecule is CCC(=O)c1c(Cl)cc2c([nH]c3ccccc32)c1C(C)=O. The van der Waals surface area contributed by atoms with Crippen LogP contribution in [-0.4, -0.2) is 16.6 Å². The number of rotatable bonds is 3. The van der Waals surface area contributed by atoms with Crippen molar-refractivity contribution in [3.8, 4) is 0 Å². The number of hydrogen-bond acceptors (Lipinski definition) is 2. The maximum atomic E-state index is 12.2. The van der Waals surface area contributed by atoms with Crippen molar-refractivity contribution in [2.45, 2.75) is 20.3 Å². The van der Waals surface area contributed by atoms with E-state index in [4.69, 9.17) is 11.6 Å². The average Bonchev–Trinajstić information content (AvgIpc) is 2.83. The molecule has 0 amide bonds. The van der Waals surface area contributed by atoms with Gasteiger partial charge in [-0.15, -0.1) is 0 Å². The Bertz CT molecular complexity index is 893. The number of Topliss-reactive ketones (excluding diaryl/α,β-unsaturated/α-hetero) is 2. The third-order valence-corrected chi connectivity index (χ3v) is 4.01. The van der Waals surface area contributed by atoms with Gasteiger partial charge in [0.05, 0.1) is 16.1 Å². The van der Waals surface area contributed by atoms with Crippen molar-refractivity contribution < 1.29 is 9.59 Å². The quantitative estimate of drug-likeness (QED) is 0.708. The summed E-state index contributed by atoms with van der Waals surface area (Å²) < 4.78 is 0. The fourth-order valence-electron chi connectivity index (χ4n) is 2.76. The van der Waals surface area contributed by atoms with Gasteiger partial charge in [0.2, 0.25) is 0 Å². The van der Waals surface area contributed by atoms with Crippen molar-refractivity contribution >= 4 is 45.0 Å². The first-order chi connectivity index (χ1) is 10.0. The van der Waals surface area contributed by atoms with Crippen LogP contribution < -0.4 is 0 Å². The van der Waals surface area contributed by atoms with Crippen molar-refractivity contribution in [1.29, 1.82) is 0 Å². The maximum Gasteiger partial charge on any atom is 0.164 e. The Morgan fingerprint density at radius 3 is 2.52 bits per heavy atom. The standard InChI is InChI=1S/C17H14ClNO2/c1-3-14(21)16-12(18)8-11-10-6-4-5-7-13(10)19-17(11)15(16)9(2)20/h4-8,19H,3H2,1-2H3. The van der Waals surface area contributed by atoms with Crippen LogP contribution in [0.3, 0.4) is 0 Å². The molecule has 3 nitrogen and oxygen atoms in total. The van der Waals surface area contributed by atoms with Gasteiger partial charge < -0.3 is 4.98 Å². The summed E-state index contributed by atoms with van der Waals surface area (Å²) in [5.74, 6) is -0.281. The number of carbonyl (C=O) groups is 2. The molecule has 4 heteroatoms. The van der Waals surface area contributed by atoms with Crippen LogP contribution in [0.25, 0.3) is 21.8 Å². The molecule has 0 aliphatic carbocycles. The molecule has 3 rings (SSSR count). The summed E-state index contributed by atoms with van der Waals surface area (Å²) in [6, 6.07) is 9.53. The topological polar surface area (TPSA) is 49.9 Å². The van der Waals surface area contributed by atoms with Crippen molar-refractivity contribution in [1.82, 2.24) is 4.98 Å². The molecular weight excluding hydrogens is 286 g/mol. The zero-order chi connectivity index (χ0) is 15.1. The Labute approximate surface area is 126 Å². The summed E-state index contributed by atoms with van der Waals surface area (Å²) >= 11 is 6.30. The lowest BCUT2D eigenvalue weighted by atomic mass is 9.96. The number of nitrogens with one attached hydrogen (secondary N) is 1. The van der Waals surface area contributed by atoms with Gasteiger partial charge in [0.1, 0.15) is 0 Å². The Morgan fingerprint density at radius 1 is 1.14 bits per heavy atom. The van der Waals surface area contributed by atoms with Gasteiger partial charge in [0.15, 0.2) is 11.6 Å². The molecule has 0 radical (unpaired) electrons. The third kappa shape index (κ3) is 2.05. The molecule has 0 fully saturated rings. The summed E-state index contributed by atoms with van der Waals surface area (Å²) in [5, 5.41) is 2.20. The summed E-state index contributed by atoms with van der Waals surface area (Å²) in [7, 11) is 0. The van der Waals surface area contributed by atoms with E-state index in [2.05, 4.69) is 4.98 Å². The molecule has 1 N–H and O–H groups in total. The first-order valence-electron chi connectivity index (χ1n) is 6.81. The lowest BCUT2D eigenvalue weighted by Gasteiger charge is -2.09. The zero-order valence-electron chi connectivity index (χ0n) is 11.8. The molecular formula is C17H14ClNO2. The molecule has 2 aromatic carbocycles. The van der Waals surface area contributed by atoms with Gasteiger partial charge in [0.25, 0.3) is 0 Å². The van der Waals surface area contributed by atoms with E-state index in [-0.39, 0.29) is 11.6 Å². The first kappa shape index (κ1) is 13.8. The Morgan fingerprint density at radius 2 is 1.86 bits per heavy atom. The molecule has 1 aromatic heterocycles. The molecule has 0 unspecified atom stereocenters. The van der Waals surface area contributed by atoms with Crippen molar-refractivity contribution in [2.24, 2.45) is 0 Å². The summed E-state index contributed by atoms with van der Waals surface area (Å²) in [6.45, 7) is 3.22. The van der Waals surface area contributed by atoms with Crippen LogP contribution >= 0.6 is 11.6 Å². The Kier molecular flexibility index (Phi) is 3.30. The van der Waals surface area contributed by atoms with E-state index in [1.807, 2.05) is 24.3 Å². The van der Waals surface area contributed by atoms with E-state index < -0.39 is 0 Å². The number of hydrogen-bond donors (Lipinski definition) is 1. The van der Waals surface area contributed by atoms with Gasteiger partial charge in [-0.1, -0.05) is 36.7 Å². The lowest BCUT2D eigenvalue weighted by molar-refractivity contribution is 0.0966. The molecule has 1 heterocycles.